The van der Waals surface area contributed by atoms with Crippen molar-refractivity contribution in [1.29, 1.82) is 10.5 Å². The largest absolute Gasteiger partial charge is 0.435 e. The van der Waals surface area contributed by atoms with Crippen LogP contribution in [-0.2, 0) is 24.6 Å². The topological polar surface area (TPSA) is 248 Å². The highest BCUT2D eigenvalue weighted by Gasteiger charge is 2.29. The lowest BCUT2D eigenvalue weighted by molar-refractivity contribution is -0.0504. The molecule has 84 heavy (non-hydrogen) atoms. The van der Waals surface area contributed by atoms with Gasteiger partial charge < -0.3 is 44.2 Å². The summed E-state index contributed by atoms with van der Waals surface area (Å²) < 4.78 is 72.9. The molecule has 0 radical (unpaired) electrons. The third kappa shape index (κ3) is 14.8. The highest BCUT2D eigenvalue weighted by atomic mass is 28.3. The molecular weight excluding hydrogens is 1100 g/mol. The molecule has 6 aromatic heterocycles. The molecule has 0 saturated carbocycles. The highest BCUT2D eigenvalue weighted by Crippen LogP contribution is 2.34. The van der Waals surface area contributed by atoms with E-state index in [0.29, 0.717) is 86.7 Å². The number of hydrogen-bond donors (Lipinski definition) is 3. The fraction of sp³-hybridized carbons (Fsp3) is 0.483. The molecular formula is C58H70F4N16O5Si. The Kier molecular flexibility index (Phi) is 18.0. The van der Waals surface area contributed by atoms with Gasteiger partial charge in [0.1, 0.15) is 52.0 Å². The summed E-state index contributed by atoms with van der Waals surface area (Å²) in [5, 5.41) is 34.8. The van der Waals surface area contributed by atoms with Gasteiger partial charge in [-0.15, -0.1) is 0 Å². The van der Waals surface area contributed by atoms with Crippen LogP contribution in [0.1, 0.15) is 75.1 Å². The monoisotopic (exact) mass is 1170 g/mol. The molecule has 0 spiro atoms. The van der Waals surface area contributed by atoms with E-state index in [2.05, 4.69) is 66.9 Å². The van der Waals surface area contributed by atoms with Crippen LogP contribution in [0.15, 0.2) is 61.2 Å². The SMILES string of the molecule is CC(C)(C)NC(=O)c1c[nH]c2ncc(-c3nn(CCCN4CC(C#N)C4)c4ccc(OC(F)F)cc34)nc12.CC(C)(C)NC(=O)c1cn(COCC[Si](C)(C)C)c2ncc(-c3nn(CCCN4CC(C#N)C4)c4ccc(OC(F)F)cc34)nc12. The van der Waals surface area contributed by atoms with Crippen molar-refractivity contribution in [2.45, 2.75) is 124 Å². The quantitative estimate of drug-likeness (QED) is 0.0344. The summed E-state index contributed by atoms with van der Waals surface area (Å²) >= 11 is 0. The Morgan fingerprint density at radius 2 is 1.20 bits per heavy atom. The number of aromatic amines is 1. The van der Waals surface area contributed by atoms with Crippen molar-refractivity contribution in [1.82, 2.24) is 69.5 Å². The van der Waals surface area contributed by atoms with Crippen LogP contribution in [0.4, 0.5) is 17.6 Å². The predicted molar refractivity (Wildman–Crippen MR) is 311 cm³/mol. The number of carbonyl (C=O) groups excluding carboxylic acids is 2. The Labute approximate surface area is 484 Å². The molecule has 8 heterocycles. The number of aryl methyl sites for hydroxylation is 2. The number of nitrogens with zero attached hydrogens (tertiary/aromatic N) is 13. The van der Waals surface area contributed by atoms with Crippen LogP contribution >= 0.6 is 0 Å². The molecule has 444 valence electrons. The molecule has 3 N–H and O–H groups in total. The van der Waals surface area contributed by atoms with E-state index in [1.54, 1.807) is 41.5 Å². The summed E-state index contributed by atoms with van der Waals surface area (Å²) in [5.74, 6) is -0.386. The maximum Gasteiger partial charge on any atom is 0.387 e. The van der Waals surface area contributed by atoms with Gasteiger partial charge in [0.2, 0.25) is 0 Å². The van der Waals surface area contributed by atoms with Crippen LogP contribution in [0, 0.1) is 34.5 Å². The average Bonchev–Trinajstić information content (AvgIpc) is 2.11. The van der Waals surface area contributed by atoms with Crippen LogP contribution in [0.25, 0.3) is 66.9 Å². The molecule has 0 unspecified atom stereocenters. The van der Waals surface area contributed by atoms with Crippen molar-refractivity contribution in [3.05, 3.63) is 72.3 Å². The molecule has 0 bridgehead atoms. The van der Waals surface area contributed by atoms with Crippen LogP contribution in [0.3, 0.4) is 0 Å². The van der Waals surface area contributed by atoms with Gasteiger partial charge in [0.25, 0.3) is 11.8 Å². The second kappa shape index (κ2) is 25.0. The summed E-state index contributed by atoms with van der Waals surface area (Å²) in [5.41, 5.74) is 4.66. The minimum absolute atomic E-state index is 0.00678. The molecule has 10 rings (SSSR count). The Morgan fingerprint density at radius 3 is 1.68 bits per heavy atom. The number of hydrogen-bond acceptors (Lipinski definition) is 15. The van der Waals surface area contributed by atoms with Crippen LogP contribution in [-0.4, -0.2) is 149 Å². The summed E-state index contributed by atoms with van der Waals surface area (Å²) in [6.07, 6.45) is 7.98. The van der Waals surface area contributed by atoms with Gasteiger partial charge in [0, 0.05) is 88.2 Å². The lowest BCUT2D eigenvalue weighted by Gasteiger charge is -2.35. The molecule has 26 heteroatoms. The maximum absolute atomic E-state index is 13.4. The molecule has 2 aliphatic heterocycles. The van der Waals surface area contributed by atoms with E-state index >= 15 is 0 Å². The van der Waals surface area contributed by atoms with E-state index in [1.807, 2.05) is 50.9 Å². The molecule has 2 amide bonds. The number of benzene rings is 2. The van der Waals surface area contributed by atoms with Crippen molar-refractivity contribution < 1.29 is 41.4 Å². The summed E-state index contributed by atoms with van der Waals surface area (Å²) in [4.78, 5) is 52.4. The first-order valence-electron chi connectivity index (χ1n) is 27.9. The first kappa shape index (κ1) is 60.5. The Bertz CT molecular complexity index is 3760. The Hall–Kier alpha value is -8.04. The fourth-order valence-corrected chi connectivity index (χ4v) is 10.7. The minimum Gasteiger partial charge on any atom is -0.435 e. The fourth-order valence-electron chi connectivity index (χ4n) is 9.91. The van der Waals surface area contributed by atoms with Crippen molar-refractivity contribution in [3.63, 3.8) is 0 Å². The zero-order valence-electron chi connectivity index (χ0n) is 48.6. The van der Waals surface area contributed by atoms with E-state index in [4.69, 9.17) is 45.1 Å². The van der Waals surface area contributed by atoms with Crippen molar-refractivity contribution in [3.8, 4) is 46.4 Å². The van der Waals surface area contributed by atoms with Gasteiger partial charge in [-0.05, 0) is 110 Å². The minimum atomic E-state index is -2.97. The van der Waals surface area contributed by atoms with Crippen LogP contribution in [0.5, 0.6) is 11.5 Å². The molecule has 0 atom stereocenters. The van der Waals surface area contributed by atoms with Crippen LogP contribution < -0.4 is 20.1 Å². The lowest BCUT2D eigenvalue weighted by atomic mass is 10.0. The Balaban J connectivity index is 0.000000205. The number of aromatic nitrogens is 10. The van der Waals surface area contributed by atoms with Gasteiger partial charge in [-0.25, -0.2) is 19.9 Å². The van der Waals surface area contributed by atoms with Gasteiger partial charge >= 0.3 is 13.2 Å². The van der Waals surface area contributed by atoms with Crippen LogP contribution in [0.2, 0.25) is 25.7 Å². The van der Waals surface area contributed by atoms with Gasteiger partial charge in [-0.2, -0.15) is 38.3 Å². The first-order valence-corrected chi connectivity index (χ1v) is 31.6. The number of fused-ring (bicyclic) bond motifs is 4. The van der Waals surface area contributed by atoms with Crippen molar-refractivity contribution in [2.24, 2.45) is 11.8 Å². The van der Waals surface area contributed by atoms with Gasteiger partial charge in [-0.1, -0.05) is 19.6 Å². The second-order valence-electron chi connectivity index (χ2n) is 24.5. The number of H-pyrrole nitrogens is 1. The summed E-state index contributed by atoms with van der Waals surface area (Å²) in [6, 6.07) is 15.0. The lowest BCUT2D eigenvalue weighted by Crippen LogP contribution is -2.46. The summed E-state index contributed by atoms with van der Waals surface area (Å²) in [7, 11) is -1.29. The van der Waals surface area contributed by atoms with Gasteiger partial charge in [-0.3, -0.25) is 19.0 Å². The molecule has 2 aliphatic rings. The molecule has 2 saturated heterocycles. The molecule has 2 fully saturated rings. The van der Waals surface area contributed by atoms with E-state index in [9.17, 15) is 27.2 Å². The second-order valence-corrected chi connectivity index (χ2v) is 30.1. The molecule has 21 nitrogen and oxygen atoms in total. The third-order valence-corrected chi connectivity index (χ3v) is 15.7. The van der Waals surface area contributed by atoms with Gasteiger partial charge in [0.15, 0.2) is 11.3 Å². The third-order valence-electron chi connectivity index (χ3n) is 14.0. The molecule has 0 aliphatic carbocycles. The normalized spacial score (nSPS) is 14.6. The average molecular weight is 1180 g/mol. The number of alkyl halides is 4. The number of rotatable bonds is 21. The van der Waals surface area contributed by atoms with E-state index in [-0.39, 0.29) is 41.9 Å². The van der Waals surface area contributed by atoms with Crippen molar-refractivity contribution >= 4 is 64.0 Å². The van der Waals surface area contributed by atoms with Crippen molar-refractivity contribution in [2.75, 3.05) is 45.9 Å². The Morgan fingerprint density at radius 1 is 0.714 bits per heavy atom. The van der Waals surface area contributed by atoms with E-state index in [0.717, 1.165) is 69.2 Å². The number of amides is 2. The number of ether oxygens (including phenoxy) is 3. The first-order chi connectivity index (χ1) is 39.8. The van der Waals surface area contributed by atoms with Gasteiger partial charge in [0.05, 0.1) is 58.5 Å². The molecule has 2 aromatic carbocycles. The maximum atomic E-state index is 13.4. The zero-order chi connectivity index (χ0) is 60.3. The molecule has 8 aromatic rings. The smallest absolute Gasteiger partial charge is 0.387 e. The standard InChI is InChI=1S/C32H42F2N8O3Si.C26H28F2N8O2/c1-32(2,3)38-30(43)24-19-41(20-44-12-13-46(4,5)6)29-28(24)37-25(16-36-29)27-23-14-22(45-31(33)34)8-9-26(23)42(39-27)11-7-10-40-17-21(15-35)18-40;1-26(2,3)33-24(37)18-11-30-23-22(18)32-19(12-31-23)21-17-9-16(38-25(27)28)5-6-20(17)36(34-21)8-4-7-35-13-15(10-29)14-35/h8-9,14,16,19,21,31H,7,10-13,17-18,20H2,1-6H3,(H,38,43);5-6,9,11-12,15,25H,4,7-8,13-14H2,1-3H3,(H,30,31)(H,33,37). The number of carbonyl (C=O) groups is 2. The highest BCUT2D eigenvalue weighted by molar-refractivity contribution is 6.76. The number of nitriles is 2. The number of halogens is 4. The number of nitrogens with one attached hydrogen (secondary N) is 3. The summed E-state index contributed by atoms with van der Waals surface area (Å²) in [6.45, 7) is 19.0. The van der Waals surface area contributed by atoms with E-state index in [1.165, 1.54) is 24.3 Å². The number of likely N-dealkylation sites (tertiary alicyclic amines) is 2. The van der Waals surface area contributed by atoms with E-state index < -0.39 is 32.4 Å². The zero-order valence-corrected chi connectivity index (χ0v) is 49.6. The predicted octanol–water partition coefficient (Wildman–Crippen LogP) is 9.69.